The number of anilines is 1. The smallest absolute Gasteiger partial charge is 0.124 e. The molecule has 0 bridgehead atoms. The fraction of sp³-hybridized carbons (Fsp3) is 0.500. The Labute approximate surface area is 103 Å². The van der Waals surface area contributed by atoms with Crippen LogP contribution < -0.4 is 10.6 Å². The monoisotopic (exact) mass is 231 g/mol. The summed E-state index contributed by atoms with van der Waals surface area (Å²) < 4.78 is 0. The average molecular weight is 231 g/mol. The summed E-state index contributed by atoms with van der Waals surface area (Å²) in [7, 11) is 0. The Hall–Kier alpha value is -1.51. The molecule has 1 fully saturated rings. The minimum Gasteiger partial charge on any atom is -0.384 e. The molecule has 0 radical (unpaired) electrons. The summed E-state index contributed by atoms with van der Waals surface area (Å²) in [6.07, 6.45) is 2.49. The van der Waals surface area contributed by atoms with Crippen molar-refractivity contribution < 1.29 is 0 Å². The van der Waals surface area contributed by atoms with Gasteiger partial charge in [0.05, 0.1) is 0 Å². The maximum absolute atomic E-state index is 7.66. The molecule has 1 aliphatic heterocycles. The van der Waals surface area contributed by atoms with Crippen LogP contribution in [0.25, 0.3) is 0 Å². The first-order valence-corrected chi connectivity index (χ1v) is 6.31. The van der Waals surface area contributed by atoms with Crippen LogP contribution in [0, 0.1) is 18.3 Å². The molecule has 1 aliphatic rings. The average Bonchev–Trinajstić information content (AvgIpc) is 2.76. The lowest BCUT2D eigenvalue weighted by Gasteiger charge is -2.22. The third-order valence-corrected chi connectivity index (χ3v) is 3.65. The van der Waals surface area contributed by atoms with Crippen LogP contribution in [0.1, 0.15) is 30.9 Å². The van der Waals surface area contributed by atoms with Crippen LogP contribution in [0.15, 0.2) is 18.2 Å². The Morgan fingerprint density at radius 3 is 2.88 bits per heavy atom. The molecule has 0 amide bonds. The number of rotatable bonds is 3. The Morgan fingerprint density at radius 1 is 1.53 bits per heavy atom. The van der Waals surface area contributed by atoms with E-state index in [1.165, 1.54) is 18.4 Å². The summed E-state index contributed by atoms with van der Waals surface area (Å²) >= 11 is 0. The first-order valence-electron chi connectivity index (χ1n) is 6.31. The van der Waals surface area contributed by atoms with Gasteiger partial charge in [-0.1, -0.05) is 19.4 Å². The molecule has 3 nitrogen and oxygen atoms in total. The molecule has 3 heteroatoms. The number of amidine groups is 1. The highest BCUT2D eigenvalue weighted by Crippen LogP contribution is 2.29. The molecule has 1 unspecified atom stereocenters. The van der Waals surface area contributed by atoms with Crippen molar-refractivity contribution in [2.45, 2.75) is 26.7 Å². The van der Waals surface area contributed by atoms with Crippen molar-refractivity contribution in [3.05, 3.63) is 29.3 Å². The number of hydrogen-bond acceptors (Lipinski definition) is 2. The number of aryl methyl sites for hydroxylation is 1. The van der Waals surface area contributed by atoms with E-state index in [0.29, 0.717) is 0 Å². The van der Waals surface area contributed by atoms with E-state index >= 15 is 0 Å². The molecule has 1 atom stereocenters. The van der Waals surface area contributed by atoms with Crippen molar-refractivity contribution >= 4 is 11.5 Å². The van der Waals surface area contributed by atoms with Crippen LogP contribution in [-0.2, 0) is 0 Å². The van der Waals surface area contributed by atoms with Crippen molar-refractivity contribution in [2.24, 2.45) is 11.7 Å². The molecule has 2 rings (SSSR count). The van der Waals surface area contributed by atoms with Crippen LogP contribution in [-0.4, -0.2) is 18.9 Å². The van der Waals surface area contributed by atoms with Crippen molar-refractivity contribution in [3.63, 3.8) is 0 Å². The van der Waals surface area contributed by atoms with Gasteiger partial charge in [0.1, 0.15) is 5.84 Å². The van der Waals surface area contributed by atoms with Gasteiger partial charge in [0.2, 0.25) is 0 Å². The van der Waals surface area contributed by atoms with Crippen LogP contribution in [0.4, 0.5) is 5.69 Å². The molecule has 1 heterocycles. The van der Waals surface area contributed by atoms with Crippen molar-refractivity contribution in [2.75, 3.05) is 18.0 Å². The Balaban J connectivity index is 2.31. The quantitative estimate of drug-likeness (QED) is 0.620. The van der Waals surface area contributed by atoms with Gasteiger partial charge in [-0.15, -0.1) is 0 Å². The Kier molecular flexibility index (Phi) is 3.36. The SMILES string of the molecule is CCC1CCN(c2cc(C)ccc2C(=N)N)C1. The number of hydrogen-bond donors (Lipinski definition) is 2. The molecule has 92 valence electrons. The lowest BCUT2D eigenvalue weighted by atomic mass is 10.1. The second kappa shape index (κ2) is 4.78. The van der Waals surface area contributed by atoms with Crippen molar-refractivity contribution in [3.8, 4) is 0 Å². The van der Waals surface area contributed by atoms with Crippen LogP contribution >= 0.6 is 0 Å². The number of nitrogens with zero attached hydrogens (tertiary/aromatic N) is 1. The largest absolute Gasteiger partial charge is 0.384 e. The number of nitrogens with two attached hydrogens (primary N) is 1. The van der Waals surface area contributed by atoms with Crippen molar-refractivity contribution in [1.29, 1.82) is 5.41 Å². The zero-order valence-corrected chi connectivity index (χ0v) is 10.7. The molecular weight excluding hydrogens is 210 g/mol. The number of nitrogens with one attached hydrogen (secondary N) is 1. The van der Waals surface area contributed by atoms with Gasteiger partial charge in [-0.05, 0) is 37.0 Å². The predicted molar refractivity (Wildman–Crippen MR) is 72.8 cm³/mol. The van der Waals surface area contributed by atoms with Crippen LogP contribution in [0.3, 0.4) is 0 Å². The zero-order chi connectivity index (χ0) is 12.4. The Morgan fingerprint density at radius 2 is 2.29 bits per heavy atom. The summed E-state index contributed by atoms with van der Waals surface area (Å²) in [5.74, 6) is 0.954. The molecule has 3 N–H and O–H groups in total. The summed E-state index contributed by atoms with van der Waals surface area (Å²) in [6.45, 7) is 6.51. The fourth-order valence-corrected chi connectivity index (χ4v) is 2.52. The topological polar surface area (TPSA) is 53.1 Å². The summed E-state index contributed by atoms with van der Waals surface area (Å²) in [6, 6.07) is 6.13. The molecular formula is C14H21N3. The highest BCUT2D eigenvalue weighted by molar-refractivity contribution is 6.00. The third kappa shape index (κ3) is 2.43. The van der Waals surface area contributed by atoms with E-state index in [1.54, 1.807) is 0 Å². The lowest BCUT2D eigenvalue weighted by Crippen LogP contribution is -2.24. The first kappa shape index (κ1) is 12.0. The van der Waals surface area contributed by atoms with E-state index in [2.05, 4.69) is 24.8 Å². The third-order valence-electron chi connectivity index (χ3n) is 3.65. The van der Waals surface area contributed by atoms with Gasteiger partial charge in [0.15, 0.2) is 0 Å². The van der Waals surface area contributed by atoms with Crippen LogP contribution in [0.2, 0.25) is 0 Å². The minimum absolute atomic E-state index is 0.167. The molecule has 1 saturated heterocycles. The molecule has 0 spiro atoms. The van der Waals surface area contributed by atoms with Gasteiger partial charge in [-0.2, -0.15) is 0 Å². The van der Waals surface area contributed by atoms with Gasteiger partial charge < -0.3 is 10.6 Å². The standard InChI is InChI=1S/C14H21N3/c1-3-11-6-7-17(9-11)13-8-10(2)4-5-12(13)14(15)16/h4-5,8,11H,3,6-7,9H2,1-2H3,(H3,15,16). The molecule has 17 heavy (non-hydrogen) atoms. The number of nitrogen functional groups attached to an aromatic ring is 1. The number of benzene rings is 1. The molecule has 0 aliphatic carbocycles. The highest BCUT2D eigenvalue weighted by Gasteiger charge is 2.23. The summed E-state index contributed by atoms with van der Waals surface area (Å²) in [4.78, 5) is 2.37. The highest BCUT2D eigenvalue weighted by atomic mass is 15.2. The van der Waals surface area contributed by atoms with E-state index in [-0.39, 0.29) is 5.84 Å². The molecule has 1 aromatic carbocycles. The fourth-order valence-electron chi connectivity index (χ4n) is 2.52. The van der Waals surface area contributed by atoms with Crippen molar-refractivity contribution in [1.82, 2.24) is 0 Å². The molecule has 0 aromatic heterocycles. The maximum atomic E-state index is 7.66. The lowest BCUT2D eigenvalue weighted by molar-refractivity contribution is 0.569. The normalized spacial score (nSPS) is 19.6. The Bertz CT molecular complexity index is 425. The van der Waals surface area contributed by atoms with E-state index in [1.807, 2.05) is 12.1 Å². The van der Waals surface area contributed by atoms with Gasteiger partial charge in [0, 0.05) is 24.3 Å². The van der Waals surface area contributed by atoms with E-state index in [4.69, 9.17) is 11.1 Å². The molecule has 1 aromatic rings. The second-order valence-corrected chi connectivity index (χ2v) is 4.94. The van der Waals surface area contributed by atoms with Gasteiger partial charge in [-0.3, -0.25) is 5.41 Å². The van der Waals surface area contributed by atoms with Gasteiger partial charge >= 0.3 is 0 Å². The first-order chi connectivity index (χ1) is 8.11. The van der Waals surface area contributed by atoms with Crippen LogP contribution in [0.5, 0.6) is 0 Å². The maximum Gasteiger partial charge on any atom is 0.124 e. The minimum atomic E-state index is 0.167. The predicted octanol–water partition coefficient (Wildman–Crippen LogP) is 2.52. The van der Waals surface area contributed by atoms with E-state index < -0.39 is 0 Å². The van der Waals surface area contributed by atoms with Gasteiger partial charge in [-0.25, -0.2) is 0 Å². The van der Waals surface area contributed by atoms with E-state index in [9.17, 15) is 0 Å². The second-order valence-electron chi connectivity index (χ2n) is 4.94. The van der Waals surface area contributed by atoms with Gasteiger partial charge in [0.25, 0.3) is 0 Å². The zero-order valence-electron chi connectivity index (χ0n) is 10.7. The van der Waals surface area contributed by atoms with E-state index in [0.717, 1.165) is 30.3 Å². The molecule has 0 saturated carbocycles. The summed E-state index contributed by atoms with van der Waals surface area (Å²) in [5, 5.41) is 7.66. The summed E-state index contributed by atoms with van der Waals surface area (Å²) in [5.41, 5.74) is 8.88.